The Morgan fingerprint density at radius 2 is 1.67 bits per heavy atom. The minimum absolute atomic E-state index is 0.0118. The molecule has 0 aliphatic heterocycles. The van der Waals surface area contributed by atoms with Crippen LogP contribution in [0, 0.1) is 6.92 Å². The molecule has 0 unspecified atom stereocenters. The van der Waals surface area contributed by atoms with Crippen LogP contribution in [0.4, 0.5) is 0 Å². The lowest BCUT2D eigenvalue weighted by atomic mass is 10.1. The zero-order chi connectivity index (χ0) is 35.4. The average molecular weight is 685 g/mol. The minimum atomic E-state index is -0.247. The van der Waals surface area contributed by atoms with Crippen molar-refractivity contribution in [1.29, 1.82) is 0 Å². The van der Waals surface area contributed by atoms with Gasteiger partial charge in [-0.3, -0.25) is 14.3 Å². The third kappa shape index (κ3) is 9.80. The fourth-order valence-corrected chi connectivity index (χ4v) is 5.47. The molecular formula is C41H40N4O6. The van der Waals surface area contributed by atoms with Crippen molar-refractivity contribution in [3.05, 3.63) is 142 Å². The molecule has 0 aliphatic rings. The predicted octanol–water partition coefficient (Wildman–Crippen LogP) is 7.03. The molecule has 6 aromatic rings. The van der Waals surface area contributed by atoms with Crippen molar-refractivity contribution < 1.29 is 23.8 Å². The molecule has 0 atom stereocenters. The van der Waals surface area contributed by atoms with Gasteiger partial charge in [0.15, 0.2) is 11.2 Å². The first-order valence-electron chi connectivity index (χ1n) is 17.0. The second-order valence-corrected chi connectivity index (χ2v) is 12.2. The maximum Gasteiger partial charge on any atom is 0.193 e. The fraction of sp³-hybridized carbons (Fsp3) is 0.220. The molecule has 2 heterocycles. The number of carbonyl (C=O) groups is 1. The van der Waals surface area contributed by atoms with Gasteiger partial charge in [0.2, 0.25) is 0 Å². The van der Waals surface area contributed by atoms with E-state index in [9.17, 15) is 14.7 Å². The highest BCUT2D eigenvalue weighted by atomic mass is 16.5. The number of allylic oxidation sites excluding steroid dienone is 1. The monoisotopic (exact) mass is 684 g/mol. The number of nitrogens with zero attached hydrogens (tertiary/aromatic N) is 3. The van der Waals surface area contributed by atoms with Gasteiger partial charge < -0.3 is 24.3 Å². The molecule has 10 heteroatoms. The third-order valence-corrected chi connectivity index (χ3v) is 8.25. The summed E-state index contributed by atoms with van der Waals surface area (Å²) in [4.78, 5) is 24.8. The van der Waals surface area contributed by atoms with Gasteiger partial charge in [0.25, 0.3) is 0 Å². The molecule has 2 N–H and O–H groups in total. The Morgan fingerprint density at radius 3 is 2.47 bits per heavy atom. The molecular weight excluding hydrogens is 644 g/mol. The topological polar surface area (TPSA) is 129 Å². The van der Waals surface area contributed by atoms with E-state index < -0.39 is 0 Å². The number of rotatable bonds is 17. The molecule has 0 saturated carbocycles. The molecule has 0 spiro atoms. The number of para-hydroxylation sites is 1. The number of aryl methyl sites for hydroxylation is 2. The molecule has 4 aromatic carbocycles. The first-order chi connectivity index (χ1) is 24.9. The van der Waals surface area contributed by atoms with Crippen LogP contribution in [-0.4, -0.2) is 52.2 Å². The number of aromatic nitrogens is 3. The van der Waals surface area contributed by atoms with Gasteiger partial charge in [-0.2, -0.15) is 0 Å². The van der Waals surface area contributed by atoms with Crippen LogP contribution in [0.1, 0.15) is 40.0 Å². The van der Waals surface area contributed by atoms with Crippen molar-refractivity contribution in [2.24, 2.45) is 0 Å². The van der Waals surface area contributed by atoms with Crippen LogP contribution in [0.15, 0.2) is 119 Å². The maximum absolute atomic E-state index is 12.4. The van der Waals surface area contributed by atoms with Gasteiger partial charge in [0, 0.05) is 30.9 Å². The highest BCUT2D eigenvalue weighted by molar-refractivity contribution is 6.08. The van der Waals surface area contributed by atoms with E-state index in [-0.39, 0.29) is 22.5 Å². The quantitative estimate of drug-likeness (QED) is 0.0591. The maximum atomic E-state index is 12.4. The van der Waals surface area contributed by atoms with Gasteiger partial charge >= 0.3 is 0 Å². The lowest BCUT2D eigenvalue weighted by Crippen LogP contribution is -2.25. The molecule has 0 amide bonds. The largest absolute Gasteiger partial charge is 0.507 e. The number of ether oxygens (including phenoxy) is 2. The summed E-state index contributed by atoms with van der Waals surface area (Å²) in [6.45, 7) is 5.09. The van der Waals surface area contributed by atoms with Gasteiger partial charge in [-0.05, 0) is 104 Å². The molecule has 51 heavy (non-hydrogen) atoms. The summed E-state index contributed by atoms with van der Waals surface area (Å²) in [6.07, 6.45) is 7.80. The van der Waals surface area contributed by atoms with E-state index in [4.69, 9.17) is 13.9 Å². The van der Waals surface area contributed by atoms with Gasteiger partial charge in [0.05, 0.1) is 29.8 Å². The summed E-state index contributed by atoms with van der Waals surface area (Å²) in [5, 5.41) is 22.5. The minimum Gasteiger partial charge on any atom is -0.507 e. The molecule has 6 rings (SSSR count). The van der Waals surface area contributed by atoms with Gasteiger partial charge in [-0.1, -0.05) is 41.6 Å². The Hall–Kier alpha value is -6.00. The summed E-state index contributed by atoms with van der Waals surface area (Å²) in [6, 6.07) is 28.8. The Labute approximate surface area is 296 Å². The summed E-state index contributed by atoms with van der Waals surface area (Å²) >= 11 is 0. The van der Waals surface area contributed by atoms with Gasteiger partial charge in [0.1, 0.15) is 35.2 Å². The summed E-state index contributed by atoms with van der Waals surface area (Å²) < 4.78 is 19.5. The lowest BCUT2D eigenvalue weighted by molar-refractivity contribution is 0.104. The number of carbonyl (C=O) groups excluding carboxylic acids is 1. The Kier molecular flexibility index (Phi) is 11.7. The number of hydrogen-bond donors (Lipinski definition) is 2. The number of unbranched alkanes of at least 4 members (excludes halogenated alkanes) is 1. The van der Waals surface area contributed by atoms with Crippen molar-refractivity contribution in [3.8, 4) is 28.6 Å². The standard InChI is InChI=1S/C41H40N4O6/c1-29-9-19-35(38(47)26-29)37(46)20-12-30-10-15-33(16-11-30)49-24-5-4-6-32-28-45(44-43-32)23-21-42-22-25-50-34-17-13-31(14-18-34)41-27-39(48)36-7-2-3-8-40(36)51-41/h2-3,7-20,26-28,42,47H,4-6,21-25H2,1H3. The molecule has 0 radical (unpaired) electrons. The van der Waals surface area contributed by atoms with Gasteiger partial charge in [-0.15, -0.1) is 5.10 Å². The van der Waals surface area contributed by atoms with Crippen LogP contribution >= 0.6 is 0 Å². The number of phenolic OH excluding ortho intramolecular Hbond substituents is 1. The van der Waals surface area contributed by atoms with Crippen LogP contribution in [0.2, 0.25) is 0 Å². The summed E-state index contributed by atoms with van der Waals surface area (Å²) in [5.41, 5.74) is 4.32. The van der Waals surface area contributed by atoms with Crippen molar-refractivity contribution in [1.82, 2.24) is 20.3 Å². The lowest BCUT2D eigenvalue weighted by Gasteiger charge is -2.08. The average Bonchev–Trinajstić information content (AvgIpc) is 3.60. The zero-order valence-corrected chi connectivity index (χ0v) is 28.5. The number of nitrogens with one attached hydrogen (secondary N) is 1. The number of hydrogen-bond acceptors (Lipinski definition) is 9. The number of benzene rings is 4. The van der Waals surface area contributed by atoms with E-state index in [0.29, 0.717) is 43.0 Å². The van der Waals surface area contributed by atoms with Crippen LogP contribution < -0.4 is 20.2 Å². The molecule has 10 nitrogen and oxygen atoms in total. The molecule has 0 bridgehead atoms. The van der Waals surface area contributed by atoms with E-state index in [2.05, 4.69) is 15.6 Å². The number of fused-ring (bicyclic) bond motifs is 1. The number of ketones is 1. The number of aromatic hydroxyl groups is 1. The number of phenols is 1. The molecule has 0 aliphatic carbocycles. The second kappa shape index (κ2) is 17.1. The van der Waals surface area contributed by atoms with E-state index in [1.165, 1.54) is 12.1 Å². The van der Waals surface area contributed by atoms with E-state index in [1.807, 2.05) is 78.5 Å². The molecule has 260 valence electrons. The normalized spacial score (nSPS) is 11.3. The van der Waals surface area contributed by atoms with E-state index in [1.54, 1.807) is 36.4 Å². The smallest absolute Gasteiger partial charge is 0.193 e. The summed E-state index contributed by atoms with van der Waals surface area (Å²) in [5.74, 6) is 1.78. The Morgan fingerprint density at radius 1 is 0.902 bits per heavy atom. The molecule has 0 saturated heterocycles. The summed E-state index contributed by atoms with van der Waals surface area (Å²) in [7, 11) is 0. The zero-order valence-electron chi connectivity index (χ0n) is 28.5. The van der Waals surface area contributed by atoms with Crippen LogP contribution in [0.3, 0.4) is 0 Å². The van der Waals surface area contributed by atoms with Crippen molar-refractivity contribution in [3.63, 3.8) is 0 Å². The molecule has 2 aromatic heterocycles. The fourth-order valence-electron chi connectivity index (χ4n) is 5.47. The first kappa shape index (κ1) is 34.8. The highest BCUT2D eigenvalue weighted by Crippen LogP contribution is 2.24. The Balaban J connectivity index is 0.825. The van der Waals surface area contributed by atoms with E-state index in [0.717, 1.165) is 59.7 Å². The van der Waals surface area contributed by atoms with Crippen LogP contribution in [0.25, 0.3) is 28.4 Å². The Bertz CT molecular complexity index is 2150. The van der Waals surface area contributed by atoms with Crippen molar-refractivity contribution >= 4 is 22.8 Å². The van der Waals surface area contributed by atoms with E-state index >= 15 is 0 Å². The van der Waals surface area contributed by atoms with Gasteiger partial charge in [-0.25, -0.2) is 0 Å². The first-order valence-corrected chi connectivity index (χ1v) is 17.0. The predicted molar refractivity (Wildman–Crippen MR) is 197 cm³/mol. The van der Waals surface area contributed by atoms with Crippen LogP contribution in [-0.2, 0) is 13.0 Å². The second-order valence-electron chi connectivity index (χ2n) is 12.2. The van der Waals surface area contributed by atoms with Crippen molar-refractivity contribution in [2.45, 2.75) is 32.7 Å². The third-order valence-electron chi connectivity index (χ3n) is 8.25. The van der Waals surface area contributed by atoms with Crippen molar-refractivity contribution in [2.75, 3.05) is 26.3 Å². The van der Waals surface area contributed by atoms with Crippen LogP contribution in [0.5, 0.6) is 17.2 Å². The molecule has 0 fully saturated rings. The SMILES string of the molecule is Cc1ccc(C(=O)C=Cc2ccc(OCCCCc3cn(CCNCCOc4ccc(-c5cc(=O)c6ccccc6o5)cc4)nn3)cc2)c(O)c1. The highest BCUT2D eigenvalue weighted by Gasteiger charge is 2.09.